The van der Waals surface area contributed by atoms with Gasteiger partial charge in [0, 0.05) is 27.2 Å². The number of hydrogen-bond donors (Lipinski definition) is 0. The van der Waals surface area contributed by atoms with E-state index in [-0.39, 0.29) is 16.7 Å². The average molecular weight is 484 g/mol. The predicted octanol–water partition coefficient (Wildman–Crippen LogP) is 7.50. The molecular formula is C33H17N5. The molecule has 0 saturated heterocycles. The van der Waals surface area contributed by atoms with Crippen LogP contribution in [0, 0.1) is 34.0 Å². The van der Waals surface area contributed by atoms with E-state index in [0.29, 0.717) is 5.69 Å². The maximum absolute atomic E-state index is 10.2. The van der Waals surface area contributed by atoms with Gasteiger partial charge in [0.05, 0.1) is 50.5 Å². The molecule has 0 atom stereocenters. The van der Waals surface area contributed by atoms with E-state index >= 15 is 0 Å². The Bertz CT molecular complexity index is 2180. The highest BCUT2D eigenvalue weighted by Crippen LogP contribution is 2.42. The Labute approximate surface area is 217 Å². The van der Waals surface area contributed by atoms with Crippen molar-refractivity contribution >= 4 is 43.6 Å². The number of nitrogens with zero attached hydrogens (tertiary/aromatic N) is 5. The summed E-state index contributed by atoms with van der Waals surface area (Å²) < 4.78 is 4.29. The van der Waals surface area contributed by atoms with E-state index < -0.39 is 0 Å². The molecule has 0 saturated carbocycles. The second-order valence-electron chi connectivity index (χ2n) is 9.15. The molecule has 38 heavy (non-hydrogen) atoms. The molecule has 0 aliphatic rings. The molecule has 174 valence electrons. The molecule has 0 spiro atoms. The predicted molar refractivity (Wildman–Crippen MR) is 149 cm³/mol. The number of nitriles is 3. The number of hydrogen-bond acceptors (Lipinski definition) is 3. The molecule has 5 aromatic carbocycles. The van der Waals surface area contributed by atoms with E-state index in [1.807, 2.05) is 53.1 Å². The topological polar surface area (TPSA) is 81.2 Å². The highest BCUT2D eigenvalue weighted by Gasteiger charge is 2.24. The van der Waals surface area contributed by atoms with Crippen molar-refractivity contribution in [2.45, 2.75) is 0 Å². The Hall–Kier alpha value is -5.83. The molecule has 0 aliphatic heterocycles. The Balaban J connectivity index is 1.81. The van der Waals surface area contributed by atoms with Crippen molar-refractivity contribution in [2.24, 2.45) is 0 Å². The van der Waals surface area contributed by atoms with Crippen LogP contribution in [0.15, 0.2) is 103 Å². The lowest BCUT2D eigenvalue weighted by Crippen LogP contribution is -2.04. The number of para-hydroxylation sites is 3. The van der Waals surface area contributed by atoms with E-state index in [0.717, 1.165) is 49.3 Å². The molecule has 2 aromatic heterocycles. The van der Waals surface area contributed by atoms with Crippen LogP contribution in [-0.4, -0.2) is 9.13 Å². The minimum absolute atomic E-state index is 0.280. The van der Waals surface area contributed by atoms with Gasteiger partial charge in [-0.3, -0.25) is 0 Å². The fourth-order valence-corrected chi connectivity index (χ4v) is 5.69. The van der Waals surface area contributed by atoms with Crippen LogP contribution in [-0.2, 0) is 0 Å². The molecule has 7 rings (SSSR count). The van der Waals surface area contributed by atoms with Crippen molar-refractivity contribution in [1.82, 2.24) is 9.13 Å². The second kappa shape index (κ2) is 8.10. The summed E-state index contributed by atoms with van der Waals surface area (Å²) in [4.78, 5) is 0. The Morgan fingerprint density at radius 2 is 0.974 bits per heavy atom. The molecule has 0 fully saturated rings. The normalized spacial score (nSPS) is 11.1. The number of aromatic nitrogens is 2. The number of rotatable bonds is 2. The zero-order chi connectivity index (χ0) is 25.8. The largest absolute Gasteiger partial charge is 0.307 e. The molecule has 0 aliphatic carbocycles. The molecule has 0 bridgehead atoms. The van der Waals surface area contributed by atoms with E-state index in [2.05, 4.69) is 65.2 Å². The van der Waals surface area contributed by atoms with Gasteiger partial charge < -0.3 is 9.13 Å². The van der Waals surface area contributed by atoms with Crippen LogP contribution < -0.4 is 0 Å². The zero-order valence-electron chi connectivity index (χ0n) is 20.1. The van der Waals surface area contributed by atoms with Gasteiger partial charge in [0.2, 0.25) is 0 Å². The summed E-state index contributed by atoms with van der Waals surface area (Å²) in [5.41, 5.74) is 6.19. The van der Waals surface area contributed by atoms with Gasteiger partial charge in [-0.15, -0.1) is 0 Å². The van der Waals surface area contributed by atoms with Crippen molar-refractivity contribution < 1.29 is 0 Å². The first kappa shape index (κ1) is 21.5. The molecular weight excluding hydrogens is 466 g/mol. The highest BCUT2D eigenvalue weighted by molar-refractivity contribution is 6.23. The van der Waals surface area contributed by atoms with Gasteiger partial charge >= 0.3 is 0 Å². The van der Waals surface area contributed by atoms with Crippen molar-refractivity contribution in [3.8, 4) is 29.6 Å². The summed E-state index contributed by atoms with van der Waals surface area (Å²) in [6.07, 6.45) is 0. The first-order valence-corrected chi connectivity index (χ1v) is 12.1. The van der Waals surface area contributed by atoms with Gasteiger partial charge in [-0.05, 0) is 36.4 Å². The van der Waals surface area contributed by atoms with Crippen LogP contribution in [0.3, 0.4) is 0 Å². The molecule has 0 unspecified atom stereocenters. The lowest BCUT2D eigenvalue weighted by Gasteiger charge is -2.15. The van der Waals surface area contributed by atoms with Crippen LogP contribution in [0.2, 0.25) is 0 Å². The SMILES string of the molecule is N#Cc1cc(C#N)c(-n2c3ccccc3c3ccc4c5ccccc5n(-c5ccccc5)c4c32)c(C#N)c1. The van der Waals surface area contributed by atoms with Gasteiger partial charge in [-0.25, -0.2) is 0 Å². The third-order valence-electron chi connectivity index (χ3n) is 7.19. The summed E-state index contributed by atoms with van der Waals surface area (Å²) >= 11 is 0. The van der Waals surface area contributed by atoms with E-state index in [1.165, 1.54) is 0 Å². The van der Waals surface area contributed by atoms with Crippen molar-refractivity contribution in [2.75, 3.05) is 0 Å². The zero-order valence-corrected chi connectivity index (χ0v) is 20.1. The third kappa shape index (κ3) is 2.83. The van der Waals surface area contributed by atoms with E-state index in [4.69, 9.17) is 0 Å². The monoisotopic (exact) mass is 483 g/mol. The first-order chi connectivity index (χ1) is 18.7. The molecule has 7 aromatic rings. The molecule has 2 heterocycles. The number of benzene rings is 5. The average Bonchev–Trinajstić information content (AvgIpc) is 3.49. The molecule has 0 N–H and O–H groups in total. The summed E-state index contributed by atoms with van der Waals surface area (Å²) in [6, 6.07) is 40.6. The second-order valence-corrected chi connectivity index (χ2v) is 9.15. The summed E-state index contributed by atoms with van der Waals surface area (Å²) in [7, 11) is 0. The molecule has 0 radical (unpaired) electrons. The van der Waals surface area contributed by atoms with Gasteiger partial charge in [0.25, 0.3) is 0 Å². The molecule has 0 amide bonds. The lowest BCUT2D eigenvalue weighted by atomic mass is 10.0. The van der Waals surface area contributed by atoms with E-state index in [9.17, 15) is 15.8 Å². The smallest absolute Gasteiger partial charge is 0.101 e. The third-order valence-corrected chi connectivity index (χ3v) is 7.19. The van der Waals surface area contributed by atoms with Gasteiger partial charge in [-0.2, -0.15) is 15.8 Å². The van der Waals surface area contributed by atoms with Gasteiger partial charge in [0.15, 0.2) is 0 Å². The summed E-state index contributed by atoms with van der Waals surface area (Å²) in [5, 5.41) is 34.1. The summed E-state index contributed by atoms with van der Waals surface area (Å²) in [5.74, 6) is 0. The highest BCUT2D eigenvalue weighted by atomic mass is 15.0. The maximum Gasteiger partial charge on any atom is 0.101 e. The summed E-state index contributed by atoms with van der Waals surface area (Å²) in [6.45, 7) is 0. The van der Waals surface area contributed by atoms with Gasteiger partial charge in [0.1, 0.15) is 12.1 Å². The fourth-order valence-electron chi connectivity index (χ4n) is 5.69. The quantitative estimate of drug-likeness (QED) is 0.255. The van der Waals surface area contributed by atoms with Crippen molar-refractivity contribution in [1.29, 1.82) is 15.8 Å². The van der Waals surface area contributed by atoms with Gasteiger partial charge in [-0.1, -0.05) is 66.7 Å². The Morgan fingerprint density at radius 1 is 0.474 bits per heavy atom. The Kier molecular flexibility index (Phi) is 4.57. The van der Waals surface area contributed by atoms with Crippen LogP contribution in [0.25, 0.3) is 55.0 Å². The van der Waals surface area contributed by atoms with Crippen LogP contribution in [0.5, 0.6) is 0 Å². The van der Waals surface area contributed by atoms with Crippen LogP contribution in [0.1, 0.15) is 16.7 Å². The fraction of sp³-hybridized carbons (Fsp3) is 0. The maximum atomic E-state index is 10.2. The van der Waals surface area contributed by atoms with E-state index in [1.54, 1.807) is 12.1 Å². The standard InChI is InChI=1S/C33H17N5/c34-18-21-16-22(19-35)31(23(17-21)20-36)38-30-13-7-5-11-26(30)28-15-14-27-25-10-4-6-12-29(25)37(32(27)33(28)38)24-8-2-1-3-9-24/h1-17H. The lowest BCUT2D eigenvalue weighted by molar-refractivity contribution is 1.13. The Morgan fingerprint density at radius 3 is 1.53 bits per heavy atom. The van der Waals surface area contributed by atoms with Crippen LogP contribution >= 0.6 is 0 Å². The number of fused-ring (bicyclic) bond motifs is 7. The van der Waals surface area contributed by atoms with Crippen LogP contribution in [0.4, 0.5) is 0 Å². The minimum Gasteiger partial charge on any atom is -0.307 e. The first-order valence-electron chi connectivity index (χ1n) is 12.1. The van der Waals surface area contributed by atoms with Crippen molar-refractivity contribution in [3.05, 3.63) is 120 Å². The molecule has 5 heteroatoms. The van der Waals surface area contributed by atoms with Crippen molar-refractivity contribution in [3.63, 3.8) is 0 Å². The molecule has 5 nitrogen and oxygen atoms in total. The minimum atomic E-state index is 0.280.